The van der Waals surface area contributed by atoms with Gasteiger partial charge in [-0.05, 0) is 18.2 Å². The van der Waals surface area contributed by atoms with Crippen LogP contribution in [0.25, 0.3) is 22.4 Å². The van der Waals surface area contributed by atoms with E-state index in [1.165, 1.54) is 6.07 Å². The van der Waals surface area contributed by atoms with Crippen LogP contribution in [0, 0.1) is 0 Å². The van der Waals surface area contributed by atoms with E-state index < -0.39 is 0 Å². The SMILES string of the molecule is Nc1nc(-c2cnccn2)nc2ccc(O)cc12. The number of nitrogens with zero attached hydrogens (tertiary/aromatic N) is 4. The van der Waals surface area contributed by atoms with Crippen molar-refractivity contribution in [3.05, 3.63) is 36.8 Å². The molecule has 0 aliphatic rings. The van der Waals surface area contributed by atoms with Crippen LogP contribution in [0.15, 0.2) is 36.8 Å². The third-order valence-electron chi connectivity index (χ3n) is 2.50. The van der Waals surface area contributed by atoms with Gasteiger partial charge >= 0.3 is 0 Å². The second kappa shape index (κ2) is 3.92. The summed E-state index contributed by atoms with van der Waals surface area (Å²) in [5.41, 5.74) is 7.06. The number of fused-ring (bicyclic) bond motifs is 1. The zero-order chi connectivity index (χ0) is 12.5. The van der Waals surface area contributed by atoms with E-state index in [0.29, 0.717) is 28.2 Å². The van der Waals surface area contributed by atoms with E-state index >= 15 is 0 Å². The van der Waals surface area contributed by atoms with Gasteiger partial charge in [0.2, 0.25) is 0 Å². The number of aromatic hydroxyl groups is 1. The lowest BCUT2D eigenvalue weighted by Crippen LogP contribution is -1.99. The standard InChI is InChI=1S/C12H9N5O/c13-11-8-5-7(18)1-2-9(8)16-12(17-11)10-6-14-3-4-15-10/h1-6,18H,(H2,13,16,17). The molecule has 0 saturated heterocycles. The molecule has 0 bridgehead atoms. The van der Waals surface area contributed by atoms with Gasteiger partial charge in [-0.2, -0.15) is 0 Å². The van der Waals surface area contributed by atoms with Gasteiger partial charge in [-0.25, -0.2) is 15.0 Å². The molecule has 2 heterocycles. The highest BCUT2D eigenvalue weighted by Crippen LogP contribution is 2.24. The van der Waals surface area contributed by atoms with Crippen molar-refractivity contribution in [3.8, 4) is 17.3 Å². The van der Waals surface area contributed by atoms with Crippen molar-refractivity contribution < 1.29 is 5.11 Å². The minimum absolute atomic E-state index is 0.130. The fraction of sp³-hybridized carbons (Fsp3) is 0. The Hall–Kier alpha value is -2.76. The topological polar surface area (TPSA) is 97.8 Å². The summed E-state index contributed by atoms with van der Waals surface area (Å²) in [6.07, 6.45) is 4.71. The van der Waals surface area contributed by atoms with E-state index in [0.717, 1.165) is 0 Å². The van der Waals surface area contributed by atoms with Gasteiger partial charge in [0, 0.05) is 17.8 Å². The van der Waals surface area contributed by atoms with Gasteiger partial charge in [-0.3, -0.25) is 4.98 Å². The summed E-state index contributed by atoms with van der Waals surface area (Å²) in [5.74, 6) is 0.848. The van der Waals surface area contributed by atoms with Crippen molar-refractivity contribution >= 4 is 16.7 Å². The molecule has 0 unspecified atom stereocenters. The quantitative estimate of drug-likeness (QED) is 0.665. The predicted molar refractivity (Wildman–Crippen MR) is 66.6 cm³/mol. The fourth-order valence-corrected chi connectivity index (χ4v) is 1.67. The van der Waals surface area contributed by atoms with Crippen molar-refractivity contribution in [1.82, 2.24) is 19.9 Å². The van der Waals surface area contributed by atoms with Crippen LogP contribution in [0.1, 0.15) is 0 Å². The number of phenolic OH excluding ortho intramolecular Hbond substituents is 1. The van der Waals surface area contributed by atoms with E-state index in [2.05, 4.69) is 19.9 Å². The number of phenols is 1. The number of hydrogen-bond acceptors (Lipinski definition) is 6. The van der Waals surface area contributed by atoms with Gasteiger partial charge in [-0.1, -0.05) is 0 Å². The third-order valence-corrected chi connectivity index (χ3v) is 2.50. The Balaban J connectivity index is 2.25. The van der Waals surface area contributed by atoms with Crippen molar-refractivity contribution in [3.63, 3.8) is 0 Å². The molecule has 0 spiro atoms. The molecular weight excluding hydrogens is 230 g/mol. The second-order valence-corrected chi connectivity index (χ2v) is 3.72. The van der Waals surface area contributed by atoms with Crippen molar-refractivity contribution in [1.29, 1.82) is 0 Å². The Labute approximate surface area is 102 Å². The molecule has 0 amide bonds. The minimum atomic E-state index is 0.130. The summed E-state index contributed by atoms with van der Waals surface area (Å²) < 4.78 is 0. The van der Waals surface area contributed by atoms with Crippen molar-refractivity contribution in [2.45, 2.75) is 0 Å². The number of benzene rings is 1. The van der Waals surface area contributed by atoms with Gasteiger partial charge in [0.25, 0.3) is 0 Å². The number of rotatable bonds is 1. The maximum absolute atomic E-state index is 9.41. The molecule has 0 fully saturated rings. The molecule has 0 saturated carbocycles. The zero-order valence-corrected chi connectivity index (χ0v) is 9.28. The molecule has 2 aromatic heterocycles. The second-order valence-electron chi connectivity index (χ2n) is 3.72. The number of anilines is 1. The van der Waals surface area contributed by atoms with Crippen LogP contribution in [0.4, 0.5) is 5.82 Å². The molecule has 0 aliphatic heterocycles. The Morgan fingerprint density at radius 3 is 2.78 bits per heavy atom. The summed E-state index contributed by atoms with van der Waals surface area (Å²) in [7, 11) is 0. The van der Waals surface area contributed by atoms with Gasteiger partial charge in [0.15, 0.2) is 5.82 Å². The number of aromatic nitrogens is 4. The van der Waals surface area contributed by atoms with Gasteiger partial charge in [0.1, 0.15) is 17.3 Å². The molecule has 3 rings (SSSR count). The molecule has 3 aromatic rings. The van der Waals surface area contributed by atoms with Crippen molar-refractivity contribution in [2.75, 3.05) is 5.73 Å². The lowest BCUT2D eigenvalue weighted by Gasteiger charge is -2.04. The molecular formula is C12H9N5O. The highest BCUT2D eigenvalue weighted by Gasteiger charge is 2.08. The van der Waals surface area contributed by atoms with Crippen LogP contribution in [-0.2, 0) is 0 Å². The summed E-state index contributed by atoms with van der Waals surface area (Å²) >= 11 is 0. The number of nitrogens with two attached hydrogens (primary N) is 1. The monoisotopic (exact) mass is 239 g/mol. The minimum Gasteiger partial charge on any atom is -0.508 e. The van der Waals surface area contributed by atoms with E-state index in [-0.39, 0.29) is 5.75 Å². The molecule has 0 radical (unpaired) electrons. The van der Waals surface area contributed by atoms with Crippen LogP contribution in [0.5, 0.6) is 5.75 Å². The maximum atomic E-state index is 9.41. The first-order chi connectivity index (χ1) is 8.74. The lowest BCUT2D eigenvalue weighted by atomic mass is 10.2. The van der Waals surface area contributed by atoms with E-state index in [1.54, 1.807) is 30.7 Å². The summed E-state index contributed by atoms with van der Waals surface area (Å²) in [4.78, 5) is 16.6. The van der Waals surface area contributed by atoms with Crippen LogP contribution in [0.3, 0.4) is 0 Å². The molecule has 88 valence electrons. The first kappa shape index (κ1) is 10.4. The van der Waals surface area contributed by atoms with E-state index in [4.69, 9.17) is 5.73 Å². The molecule has 18 heavy (non-hydrogen) atoms. The smallest absolute Gasteiger partial charge is 0.182 e. The van der Waals surface area contributed by atoms with Crippen molar-refractivity contribution in [2.24, 2.45) is 0 Å². The molecule has 1 aromatic carbocycles. The van der Waals surface area contributed by atoms with Crippen LogP contribution in [-0.4, -0.2) is 25.0 Å². The summed E-state index contributed by atoms with van der Waals surface area (Å²) in [6, 6.07) is 4.77. The highest BCUT2D eigenvalue weighted by molar-refractivity contribution is 5.90. The Morgan fingerprint density at radius 1 is 1.11 bits per heavy atom. The first-order valence-electron chi connectivity index (χ1n) is 5.26. The predicted octanol–water partition coefficient (Wildman–Crippen LogP) is 1.37. The Morgan fingerprint density at radius 2 is 2.00 bits per heavy atom. The van der Waals surface area contributed by atoms with Gasteiger partial charge in [-0.15, -0.1) is 0 Å². The molecule has 3 N–H and O–H groups in total. The third kappa shape index (κ3) is 1.69. The summed E-state index contributed by atoms with van der Waals surface area (Å²) in [6.45, 7) is 0. The molecule has 0 atom stereocenters. The number of nitrogen functional groups attached to an aromatic ring is 1. The first-order valence-corrected chi connectivity index (χ1v) is 5.26. The fourth-order valence-electron chi connectivity index (χ4n) is 1.67. The molecule has 6 heteroatoms. The van der Waals surface area contributed by atoms with E-state index in [9.17, 15) is 5.11 Å². The Bertz CT molecular complexity index is 714. The average Bonchev–Trinajstić information content (AvgIpc) is 2.40. The zero-order valence-electron chi connectivity index (χ0n) is 9.28. The summed E-state index contributed by atoms with van der Waals surface area (Å²) in [5, 5.41) is 10.0. The molecule has 6 nitrogen and oxygen atoms in total. The van der Waals surface area contributed by atoms with E-state index in [1.807, 2.05) is 0 Å². The normalized spacial score (nSPS) is 10.7. The lowest BCUT2D eigenvalue weighted by molar-refractivity contribution is 0.476. The number of hydrogen-bond donors (Lipinski definition) is 2. The highest BCUT2D eigenvalue weighted by atomic mass is 16.3. The van der Waals surface area contributed by atoms with Crippen LogP contribution in [0.2, 0.25) is 0 Å². The molecule has 0 aliphatic carbocycles. The van der Waals surface area contributed by atoms with Gasteiger partial charge < -0.3 is 10.8 Å². The Kier molecular flexibility index (Phi) is 2.26. The van der Waals surface area contributed by atoms with Crippen LogP contribution >= 0.6 is 0 Å². The average molecular weight is 239 g/mol. The van der Waals surface area contributed by atoms with Crippen LogP contribution < -0.4 is 5.73 Å². The van der Waals surface area contributed by atoms with Gasteiger partial charge in [0.05, 0.1) is 11.7 Å². The maximum Gasteiger partial charge on any atom is 0.182 e. The largest absolute Gasteiger partial charge is 0.508 e.